The summed E-state index contributed by atoms with van der Waals surface area (Å²) in [7, 11) is 0. The van der Waals surface area contributed by atoms with E-state index in [2.05, 4.69) is 50.5 Å². The van der Waals surface area contributed by atoms with E-state index >= 15 is 0 Å². The summed E-state index contributed by atoms with van der Waals surface area (Å²) in [5.41, 5.74) is 0. The number of hydrogen-bond donors (Lipinski definition) is 4. The molecular weight excluding hydrogens is 232 g/mol. The molecule has 5 heteroatoms. The van der Waals surface area contributed by atoms with Crippen LogP contribution in [0.5, 0.6) is 0 Å². The highest BCUT2D eigenvalue weighted by Gasteiger charge is 2.07. The zero-order valence-corrected chi connectivity index (χ0v) is 9.67. The Bertz CT molecular complexity index is 267. The lowest BCUT2D eigenvalue weighted by molar-refractivity contribution is 0.980. The van der Waals surface area contributed by atoms with Crippen LogP contribution in [0, 0.1) is 0 Å². The van der Waals surface area contributed by atoms with Crippen LogP contribution in [-0.2, 0) is 0 Å². The number of thiol groups is 4. The van der Waals surface area contributed by atoms with Gasteiger partial charge in [-0.05, 0) is 6.07 Å². The lowest BCUT2D eigenvalue weighted by Crippen LogP contribution is -1.80. The maximum atomic E-state index is 4.98. The van der Waals surface area contributed by atoms with E-state index in [0.717, 1.165) is 9.79 Å². The van der Waals surface area contributed by atoms with Gasteiger partial charge in [-0.25, -0.2) is 0 Å². The van der Waals surface area contributed by atoms with Crippen molar-refractivity contribution in [3.05, 3.63) is 6.07 Å². The van der Waals surface area contributed by atoms with Crippen molar-refractivity contribution in [1.82, 2.24) is 0 Å². The topological polar surface area (TPSA) is 0 Å². The highest BCUT2D eigenvalue weighted by atomic mass is 32.1. The first kappa shape index (κ1) is 9.92. The third kappa shape index (κ3) is 1.95. The van der Waals surface area contributed by atoms with E-state index in [4.69, 9.17) is 12.6 Å². The second-order valence-corrected chi connectivity index (χ2v) is 4.20. The highest BCUT2D eigenvalue weighted by Crippen LogP contribution is 2.35. The normalized spacial score (nSPS) is 10.2. The second kappa shape index (κ2) is 3.70. The third-order valence-electron chi connectivity index (χ3n) is 1.19. The molecule has 0 aliphatic heterocycles. The summed E-state index contributed by atoms with van der Waals surface area (Å²) in [6, 6.07) is 1.74. The Morgan fingerprint density at radius 2 is 1.45 bits per heavy atom. The molecule has 59 valence electrons. The lowest BCUT2D eigenvalue weighted by Gasteiger charge is -2.06. The zero-order valence-electron chi connectivity index (χ0n) is 5.27. The van der Waals surface area contributed by atoms with Gasteiger partial charge in [0.25, 0.3) is 0 Å². The van der Waals surface area contributed by atoms with Crippen LogP contribution in [0.4, 0.5) is 0 Å². The Hall–Kier alpha value is 0.840. The van der Waals surface area contributed by atoms with Crippen molar-refractivity contribution in [3.8, 4) is 0 Å². The fraction of sp³-hybridized carbons (Fsp3) is 0. The van der Waals surface area contributed by atoms with Gasteiger partial charge in [-0.15, -0.1) is 50.5 Å². The maximum absolute atomic E-state index is 4.98. The Labute approximate surface area is 93.2 Å². The fourth-order valence-corrected chi connectivity index (χ4v) is 2.00. The zero-order chi connectivity index (χ0) is 8.59. The first-order valence-electron chi connectivity index (χ1n) is 2.68. The van der Waals surface area contributed by atoms with Gasteiger partial charge in [0, 0.05) is 19.6 Å². The molecule has 0 heterocycles. The molecule has 0 saturated heterocycles. The minimum atomic E-state index is 0.654. The Balaban J connectivity index is 3.46. The van der Waals surface area contributed by atoms with Crippen LogP contribution < -0.4 is 0 Å². The van der Waals surface area contributed by atoms with Crippen LogP contribution in [0.3, 0.4) is 0 Å². The van der Waals surface area contributed by atoms with Crippen molar-refractivity contribution in [2.75, 3.05) is 0 Å². The van der Waals surface area contributed by atoms with Gasteiger partial charge in [-0.3, -0.25) is 0 Å². The molecule has 0 saturated carbocycles. The molecule has 0 atom stereocenters. The predicted molar refractivity (Wildman–Crippen MR) is 61.3 cm³/mol. The van der Waals surface area contributed by atoms with Gasteiger partial charge >= 0.3 is 0 Å². The molecule has 0 aliphatic rings. The molecule has 0 bridgehead atoms. The van der Waals surface area contributed by atoms with Gasteiger partial charge in [0.1, 0.15) is 0 Å². The van der Waals surface area contributed by atoms with Crippen LogP contribution >= 0.6 is 63.1 Å². The van der Waals surface area contributed by atoms with E-state index in [9.17, 15) is 0 Å². The summed E-state index contributed by atoms with van der Waals surface area (Å²) < 4.78 is 0. The van der Waals surface area contributed by atoms with Crippen molar-refractivity contribution in [1.29, 1.82) is 0 Å². The van der Waals surface area contributed by atoms with E-state index < -0.39 is 0 Å². The average molecular weight is 237 g/mol. The highest BCUT2D eigenvalue weighted by molar-refractivity contribution is 7.87. The minimum Gasteiger partial charge on any atom is -0.142 e. The first-order chi connectivity index (χ1) is 5.04. The predicted octanol–water partition coefficient (Wildman–Crippen LogP) is 3.40. The largest absolute Gasteiger partial charge is 0.142 e. The fourth-order valence-electron chi connectivity index (χ4n) is 0.611. The first-order valence-corrected chi connectivity index (χ1v) is 4.87. The van der Waals surface area contributed by atoms with E-state index in [1.807, 2.05) is 0 Å². The molecule has 0 aliphatic carbocycles. The van der Waals surface area contributed by atoms with Crippen molar-refractivity contribution < 1.29 is 0 Å². The SMILES string of the molecule is [S]c1cc(S)c(S)c(S)c1S. The second-order valence-electron chi connectivity index (χ2n) is 1.94. The summed E-state index contributed by atoms with van der Waals surface area (Å²) in [5, 5.41) is 0. The minimum absolute atomic E-state index is 0.654. The maximum Gasteiger partial charge on any atom is 0.0533 e. The summed E-state index contributed by atoms with van der Waals surface area (Å²) >= 11 is 21.7. The standard InChI is InChI=1S/C6H5S5/c7-2-1-3(8)5(10)6(11)4(2)9/h1,7,9-11H. The van der Waals surface area contributed by atoms with Crippen LogP contribution in [0.1, 0.15) is 0 Å². The molecule has 1 radical (unpaired) electrons. The van der Waals surface area contributed by atoms with E-state index in [0.29, 0.717) is 14.7 Å². The van der Waals surface area contributed by atoms with Crippen LogP contribution in [-0.4, -0.2) is 0 Å². The molecule has 11 heavy (non-hydrogen) atoms. The van der Waals surface area contributed by atoms with Gasteiger partial charge in [-0.1, -0.05) is 12.6 Å². The smallest absolute Gasteiger partial charge is 0.0533 e. The third-order valence-corrected chi connectivity index (χ3v) is 3.92. The average Bonchev–Trinajstić information content (AvgIpc) is 1.97. The summed E-state index contributed by atoms with van der Waals surface area (Å²) in [5.74, 6) is 0. The molecule has 0 fully saturated rings. The lowest BCUT2D eigenvalue weighted by atomic mass is 10.3. The molecule has 0 nitrogen and oxygen atoms in total. The Morgan fingerprint density at radius 3 is 2.00 bits per heavy atom. The molecule has 0 unspecified atom stereocenters. The number of rotatable bonds is 0. The molecule has 1 aromatic rings. The van der Waals surface area contributed by atoms with E-state index in [-0.39, 0.29) is 0 Å². The van der Waals surface area contributed by atoms with Crippen LogP contribution in [0.2, 0.25) is 0 Å². The van der Waals surface area contributed by atoms with Gasteiger partial charge in [-0.2, -0.15) is 0 Å². The summed E-state index contributed by atoms with van der Waals surface area (Å²) in [6.45, 7) is 0. The van der Waals surface area contributed by atoms with Gasteiger partial charge in [0.2, 0.25) is 0 Å². The molecule has 1 aromatic carbocycles. The summed E-state index contributed by atoms with van der Waals surface area (Å²) in [6.07, 6.45) is 0. The van der Waals surface area contributed by atoms with Crippen LogP contribution in [0.25, 0.3) is 0 Å². The molecule has 1 rings (SSSR count). The van der Waals surface area contributed by atoms with Crippen LogP contribution in [0.15, 0.2) is 30.5 Å². The summed E-state index contributed by atoms with van der Waals surface area (Å²) in [4.78, 5) is 3.48. The number of hydrogen-bond acceptors (Lipinski definition) is 4. The quantitative estimate of drug-likeness (QED) is 0.489. The van der Waals surface area contributed by atoms with Gasteiger partial charge in [0.05, 0.1) is 4.90 Å². The monoisotopic (exact) mass is 237 g/mol. The molecule has 0 spiro atoms. The van der Waals surface area contributed by atoms with E-state index in [1.165, 1.54) is 0 Å². The van der Waals surface area contributed by atoms with Crippen molar-refractivity contribution in [3.63, 3.8) is 0 Å². The van der Waals surface area contributed by atoms with Crippen molar-refractivity contribution in [2.45, 2.75) is 24.5 Å². The molecule has 0 aromatic heterocycles. The van der Waals surface area contributed by atoms with Crippen molar-refractivity contribution in [2.24, 2.45) is 0 Å². The Morgan fingerprint density at radius 1 is 0.909 bits per heavy atom. The van der Waals surface area contributed by atoms with Gasteiger partial charge < -0.3 is 0 Å². The molecular formula is C6H5S5. The molecule has 0 N–H and O–H groups in total. The van der Waals surface area contributed by atoms with E-state index in [1.54, 1.807) is 6.07 Å². The molecule has 0 amide bonds. The van der Waals surface area contributed by atoms with Gasteiger partial charge in [0.15, 0.2) is 0 Å². The Kier molecular flexibility index (Phi) is 3.34. The number of benzene rings is 1. The van der Waals surface area contributed by atoms with Crippen molar-refractivity contribution >= 4 is 63.1 Å².